The molecule has 4 heteroatoms. The predicted octanol–water partition coefficient (Wildman–Crippen LogP) is 9.32. The van der Waals surface area contributed by atoms with E-state index in [-0.39, 0.29) is 0 Å². The van der Waals surface area contributed by atoms with Crippen LogP contribution in [0.25, 0.3) is 61.3 Å². The van der Waals surface area contributed by atoms with Crippen LogP contribution >= 0.6 is 0 Å². The summed E-state index contributed by atoms with van der Waals surface area (Å²) in [6, 6.07) is 24.4. The van der Waals surface area contributed by atoms with Gasteiger partial charge in [0, 0.05) is 58.0 Å². The molecule has 4 nitrogen and oxygen atoms in total. The summed E-state index contributed by atoms with van der Waals surface area (Å²) in [5.74, 6) is 0.534. The minimum atomic E-state index is 0.534. The number of fused-ring (bicyclic) bond motifs is 6. The zero-order valence-corrected chi connectivity index (χ0v) is 24.4. The molecule has 7 aromatic rings. The summed E-state index contributed by atoms with van der Waals surface area (Å²) < 4.78 is 4.79. The van der Waals surface area contributed by atoms with Crippen molar-refractivity contribution < 1.29 is 0 Å². The lowest BCUT2D eigenvalue weighted by Crippen LogP contribution is -2.05. The molecule has 1 atom stereocenters. The lowest BCUT2D eigenvalue weighted by Gasteiger charge is -2.18. The summed E-state index contributed by atoms with van der Waals surface area (Å²) in [5, 5.41) is 3.68. The van der Waals surface area contributed by atoms with E-state index in [0.717, 1.165) is 6.42 Å². The molecule has 1 unspecified atom stereocenters. The zero-order chi connectivity index (χ0) is 28.5. The highest BCUT2D eigenvalue weighted by molar-refractivity contribution is 6.08. The molecule has 1 aliphatic rings. The Labute approximate surface area is 245 Å². The molecule has 0 aliphatic heterocycles. The molecule has 0 bridgehead atoms. The minimum Gasteiger partial charge on any atom is -0.309 e. The minimum absolute atomic E-state index is 0.534. The molecule has 0 spiro atoms. The summed E-state index contributed by atoms with van der Waals surface area (Å²) >= 11 is 0. The first-order valence-electron chi connectivity index (χ1n) is 14.7. The maximum Gasteiger partial charge on any atom is 0.0597 e. The van der Waals surface area contributed by atoms with E-state index in [1.54, 1.807) is 0 Å². The summed E-state index contributed by atoms with van der Waals surface area (Å²) in [6.45, 7) is 8.91. The first-order valence-corrected chi connectivity index (χ1v) is 14.7. The van der Waals surface area contributed by atoms with Gasteiger partial charge in [0.1, 0.15) is 0 Å². The van der Waals surface area contributed by atoms with Crippen molar-refractivity contribution in [1.82, 2.24) is 19.1 Å². The second-order valence-corrected chi connectivity index (χ2v) is 11.8. The molecule has 4 aromatic heterocycles. The molecule has 4 heterocycles. The predicted molar refractivity (Wildman–Crippen MR) is 175 cm³/mol. The molecule has 0 amide bonds. The zero-order valence-electron chi connectivity index (χ0n) is 24.4. The van der Waals surface area contributed by atoms with Crippen LogP contribution in [0.1, 0.15) is 34.9 Å². The number of benzene rings is 3. The Kier molecular flexibility index (Phi) is 5.48. The van der Waals surface area contributed by atoms with Crippen molar-refractivity contribution in [1.29, 1.82) is 0 Å². The Hall–Kier alpha value is -4.96. The van der Waals surface area contributed by atoms with Gasteiger partial charge in [0.2, 0.25) is 0 Å². The smallest absolute Gasteiger partial charge is 0.0597 e. The van der Waals surface area contributed by atoms with Gasteiger partial charge in [-0.2, -0.15) is 0 Å². The summed E-state index contributed by atoms with van der Waals surface area (Å²) in [5.41, 5.74) is 15.0. The van der Waals surface area contributed by atoms with E-state index >= 15 is 0 Å². The molecule has 3 aromatic carbocycles. The maximum absolute atomic E-state index is 4.55. The highest BCUT2D eigenvalue weighted by Gasteiger charge is 2.23. The molecular weight excluding hydrogens is 512 g/mol. The third kappa shape index (κ3) is 3.61. The number of pyridine rings is 2. The van der Waals surface area contributed by atoms with Crippen LogP contribution in [0, 0.1) is 26.7 Å². The van der Waals surface area contributed by atoms with E-state index in [0.29, 0.717) is 5.92 Å². The van der Waals surface area contributed by atoms with E-state index in [2.05, 4.69) is 126 Å². The average molecular weight is 545 g/mol. The number of aryl methyl sites for hydroxylation is 3. The van der Waals surface area contributed by atoms with Crippen molar-refractivity contribution in [3.8, 4) is 22.5 Å². The third-order valence-electron chi connectivity index (χ3n) is 9.01. The standard InChI is InChI=1S/C38H32N4/c1-23-9-14-36-32(17-23)34-22-40-20-26(4)38(34)42(36)28-11-13-30(25(3)19-28)29-12-10-27(18-24(29)2)41-35-8-6-5-7-31(35)33-21-39-16-15-37(33)41/h5-16,18-23H,17H2,1-4H3. The monoisotopic (exact) mass is 544 g/mol. The Morgan fingerprint density at radius 3 is 2.12 bits per heavy atom. The van der Waals surface area contributed by atoms with E-state index in [1.807, 2.05) is 24.8 Å². The van der Waals surface area contributed by atoms with Gasteiger partial charge in [0.05, 0.1) is 16.6 Å². The topological polar surface area (TPSA) is 35.6 Å². The van der Waals surface area contributed by atoms with Crippen LogP contribution < -0.4 is 0 Å². The average Bonchev–Trinajstić information content (AvgIpc) is 3.51. The van der Waals surface area contributed by atoms with Crippen LogP contribution in [0.5, 0.6) is 0 Å². The van der Waals surface area contributed by atoms with Crippen molar-refractivity contribution in [2.24, 2.45) is 5.92 Å². The molecule has 0 radical (unpaired) electrons. The van der Waals surface area contributed by atoms with Crippen LogP contribution in [0.3, 0.4) is 0 Å². The van der Waals surface area contributed by atoms with E-state index in [9.17, 15) is 0 Å². The number of para-hydroxylation sites is 1. The van der Waals surface area contributed by atoms with Gasteiger partial charge in [-0.15, -0.1) is 0 Å². The molecule has 204 valence electrons. The fourth-order valence-electron chi connectivity index (χ4n) is 7.04. The van der Waals surface area contributed by atoms with Crippen LogP contribution in [0.4, 0.5) is 0 Å². The van der Waals surface area contributed by atoms with Gasteiger partial charge in [-0.3, -0.25) is 9.97 Å². The number of hydrogen-bond acceptors (Lipinski definition) is 2. The van der Waals surface area contributed by atoms with Gasteiger partial charge in [-0.1, -0.05) is 43.3 Å². The van der Waals surface area contributed by atoms with Gasteiger partial charge in [0.15, 0.2) is 0 Å². The first kappa shape index (κ1) is 24.8. The Balaban J connectivity index is 1.24. The summed E-state index contributed by atoms with van der Waals surface area (Å²) in [4.78, 5) is 8.95. The fourth-order valence-corrected chi connectivity index (χ4v) is 7.04. The highest BCUT2D eigenvalue weighted by atomic mass is 15.0. The quantitative estimate of drug-likeness (QED) is 0.222. The Morgan fingerprint density at radius 1 is 0.667 bits per heavy atom. The van der Waals surface area contributed by atoms with E-state index in [1.165, 1.54) is 83.2 Å². The van der Waals surface area contributed by atoms with Crippen LogP contribution in [-0.4, -0.2) is 19.1 Å². The normalized spacial score (nSPS) is 14.7. The Morgan fingerprint density at radius 2 is 1.36 bits per heavy atom. The van der Waals surface area contributed by atoms with Gasteiger partial charge in [0.25, 0.3) is 0 Å². The number of rotatable bonds is 3. The second-order valence-electron chi connectivity index (χ2n) is 11.8. The summed E-state index contributed by atoms with van der Waals surface area (Å²) in [6.07, 6.45) is 13.6. The van der Waals surface area contributed by atoms with Crippen molar-refractivity contribution in [2.45, 2.75) is 34.1 Å². The fraction of sp³-hybridized carbons (Fsp3) is 0.158. The lowest BCUT2D eigenvalue weighted by atomic mass is 9.93. The van der Waals surface area contributed by atoms with E-state index < -0.39 is 0 Å². The maximum atomic E-state index is 4.55. The highest BCUT2D eigenvalue weighted by Crippen LogP contribution is 2.38. The number of nitrogens with zero attached hydrogens (tertiary/aromatic N) is 4. The van der Waals surface area contributed by atoms with Gasteiger partial charge < -0.3 is 9.13 Å². The molecule has 0 saturated carbocycles. The van der Waals surface area contributed by atoms with Crippen molar-refractivity contribution in [3.63, 3.8) is 0 Å². The third-order valence-corrected chi connectivity index (χ3v) is 9.01. The molecule has 1 aliphatic carbocycles. The number of hydrogen-bond donors (Lipinski definition) is 0. The van der Waals surface area contributed by atoms with Crippen LogP contribution in [0.15, 0.2) is 97.6 Å². The SMILES string of the molecule is Cc1cc(-n2c3c(c4cncc(C)c42)CC(C)C=C3)ccc1-c1ccc(-n2c3ccccc3c3cnccc32)cc1C. The molecule has 42 heavy (non-hydrogen) atoms. The van der Waals surface area contributed by atoms with E-state index in [4.69, 9.17) is 0 Å². The van der Waals surface area contributed by atoms with Crippen LogP contribution in [-0.2, 0) is 6.42 Å². The second kappa shape index (κ2) is 9.28. The first-order chi connectivity index (χ1) is 20.5. The van der Waals surface area contributed by atoms with Crippen molar-refractivity contribution >= 4 is 38.8 Å². The number of allylic oxidation sites excluding steroid dienone is 1. The summed E-state index contributed by atoms with van der Waals surface area (Å²) in [7, 11) is 0. The molecule has 0 fully saturated rings. The van der Waals surface area contributed by atoms with Gasteiger partial charge in [-0.25, -0.2) is 0 Å². The Bertz CT molecular complexity index is 2170. The lowest BCUT2D eigenvalue weighted by molar-refractivity contribution is 0.717. The van der Waals surface area contributed by atoms with Crippen molar-refractivity contribution in [2.75, 3.05) is 0 Å². The van der Waals surface area contributed by atoms with Crippen LogP contribution in [0.2, 0.25) is 0 Å². The molecule has 8 rings (SSSR count). The molecule has 0 saturated heterocycles. The number of aromatic nitrogens is 4. The molecular formula is C38H32N4. The van der Waals surface area contributed by atoms with Gasteiger partial charge in [-0.05, 0) is 109 Å². The molecule has 0 N–H and O–H groups in total. The van der Waals surface area contributed by atoms with Gasteiger partial charge >= 0.3 is 0 Å². The largest absolute Gasteiger partial charge is 0.309 e. The van der Waals surface area contributed by atoms with Crippen molar-refractivity contribution in [3.05, 3.63) is 126 Å².